The normalized spacial score (nSPS) is 31.7. The molecule has 0 radical (unpaired) electrons. The molecule has 15 heteroatoms. The van der Waals surface area contributed by atoms with Crippen molar-refractivity contribution in [1.82, 2.24) is 40.6 Å². The summed E-state index contributed by atoms with van der Waals surface area (Å²) >= 11 is 1.44. The molecule has 38 heavy (non-hydrogen) atoms. The monoisotopic (exact) mass is 547 g/mol. The SMILES string of the molecule is C[C@@H](NC(=O)Cn1cnnn1)[C@H]1C(=O)N2C(C(=O)O)=C(S[C@@H]3CN[C@H](C(=O)N4CCC[C@H](N)C4)C3)[C@H](C)[C@H]12. The Bertz CT molecular complexity index is 1140. The first kappa shape index (κ1) is 26.6. The van der Waals surface area contributed by atoms with Crippen molar-refractivity contribution < 1.29 is 24.3 Å². The summed E-state index contributed by atoms with van der Waals surface area (Å²) in [6.45, 7) is 5.42. The number of piperidine rings is 1. The van der Waals surface area contributed by atoms with E-state index in [-0.39, 0.29) is 59.3 Å². The van der Waals surface area contributed by atoms with E-state index in [0.717, 1.165) is 12.8 Å². The van der Waals surface area contributed by atoms with Crippen LogP contribution in [-0.4, -0.2) is 108 Å². The number of aliphatic carboxylic acids is 1. The number of aromatic nitrogens is 4. The molecular weight excluding hydrogens is 514 g/mol. The molecule has 3 amide bonds. The molecule has 1 aromatic heterocycles. The molecule has 0 bridgehead atoms. The fourth-order valence-corrected chi connectivity index (χ4v) is 7.56. The van der Waals surface area contributed by atoms with Gasteiger partial charge in [-0.1, -0.05) is 6.92 Å². The van der Waals surface area contributed by atoms with Crippen LogP contribution in [0.1, 0.15) is 33.1 Å². The van der Waals surface area contributed by atoms with Gasteiger partial charge in [-0.2, -0.15) is 0 Å². The summed E-state index contributed by atoms with van der Waals surface area (Å²) in [4.78, 5) is 54.7. The van der Waals surface area contributed by atoms with Crippen molar-refractivity contribution in [3.05, 3.63) is 16.9 Å². The highest BCUT2D eigenvalue weighted by Gasteiger charge is 2.60. The van der Waals surface area contributed by atoms with E-state index < -0.39 is 17.9 Å². The second kappa shape index (κ2) is 10.6. The number of tetrazole rings is 1. The van der Waals surface area contributed by atoms with Crippen molar-refractivity contribution in [1.29, 1.82) is 0 Å². The fourth-order valence-electron chi connectivity index (χ4n) is 6.08. The van der Waals surface area contributed by atoms with Gasteiger partial charge < -0.3 is 31.3 Å². The van der Waals surface area contributed by atoms with E-state index >= 15 is 0 Å². The minimum atomic E-state index is -1.15. The summed E-state index contributed by atoms with van der Waals surface area (Å²) in [6.07, 6.45) is 3.71. The van der Waals surface area contributed by atoms with Crippen LogP contribution >= 0.6 is 11.8 Å². The van der Waals surface area contributed by atoms with Crippen LogP contribution in [0, 0.1) is 11.8 Å². The van der Waals surface area contributed by atoms with Crippen LogP contribution < -0.4 is 16.4 Å². The second-order valence-corrected chi connectivity index (χ2v) is 11.9. The van der Waals surface area contributed by atoms with Gasteiger partial charge in [0, 0.05) is 47.8 Å². The van der Waals surface area contributed by atoms with Crippen LogP contribution in [0.15, 0.2) is 16.9 Å². The van der Waals surface area contributed by atoms with Gasteiger partial charge in [0.2, 0.25) is 17.7 Å². The Kier molecular flexibility index (Phi) is 7.42. The van der Waals surface area contributed by atoms with E-state index in [1.165, 1.54) is 27.7 Å². The van der Waals surface area contributed by atoms with Gasteiger partial charge in [-0.15, -0.1) is 16.9 Å². The minimum Gasteiger partial charge on any atom is -0.477 e. The van der Waals surface area contributed by atoms with E-state index in [1.807, 2.05) is 11.8 Å². The lowest BCUT2D eigenvalue weighted by Crippen LogP contribution is -2.66. The zero-order valence-corrected chi connectivity index (χ0v) is 22.1. The molecule has 4 aliphatic rings. The summed E-state index contributed by atoms with van der Waals surface area (Å²) in [5, 5.41) is 26.8. The zero-order chi connectivity index (χ0) is 27.1. The molecule has 206 valence electrons. The van der Waals surface area contributed by atoms with Crippen molar-refractivity contribution in [3.63, 3.8) is 0 Å². The number of rotatable bonds is 8. The van der Waals surface area contributed by atoms with Crippen molar-refractivity contribution in [3.8, 4) is 0 Å². The maximum absolute atomic E-state index is 13.1. The molecule has 0 aliphatic carbocycles. The van der Waals surface area contributed by atoms with E-state index in [9.17, 15) is 24.3 Å². The van der Waals surface area contributed by atoms with Gasteiger partial charge in [0.25, 0.3) is 0 Å². The topological polar surface area (TPSA) is 189 Å². The molecule has 0 spiro atoms. The molecule has 0 unspecified atom stereocenters. The number of carbonyl (C=O) groups is 4. The molecule has 5 N–H and O–H groups in total. The number of carbonyl (C=O) groups excluding carboxylic acids is 3. The summed E-state index contributed by atoms with van der Waals surface area (Å²) in [5.41, 5.74) is 6.06. The summed E-state index contributed by atoms with van der Waals surface area (Å²) in [5.74, 6) is -2.53. The summed E-state index contributed by atoms with van der Waals surface area (Å²) < 4.78 is 1.28. The van der Waals surface area contributed by atoms with Crippen LogP contribution in [0.2, 0.25) is 0 Å². The number of hydrogen-bond acceptors (Lipinski definition) is 10. The first-order chi connectivity index (χ1) is 18.2. The van der Waals surface area contributed by atoms with Gasteiger partial charge in [-0.25, -0.2) is 9.48 Å². The highest BCUT2D eigenvalue weighted by molar-refractivity contribution is 8.03. The van der Waals surface area contributed by atoms with Crippen LogP contribution in [0.4, 0.5) is 0 Å². The maximum Gasteiger partial charge on any atom is 0.353 e. The molecule has 4 aliphatic heterocycles. The number of carboxylic acids is 1. The maximum atomic E-state index is 13.1. The van der Waals surface area contributed by atoms with Crippen LogP contribution in [0.5, 0.6) is 0 Å². The van der Waals surface area contributed by atoms with Gasteiger partial charge in [0.1, 0.15) is 18.6 Å². The molecule has 14 nitrogen and oxygen atoms in total. The third-order valence-corrected chi connectivity index (χ3v) is 9.38. The molecule has 3 fully saturated rings. The lowest BCUT2D eigenvalue weighted by Gasteiger charge is -2.47. The first-order valence-corrected chi connectivity index (χ1v) is 13.8. The van der Waals surface area contributed by atoms with Crippen molar-refractivity contribution in [2.24, 2.45) is 17.6 Å². The van der Waals surface area contributed by atoms with E-state index in [2.05, 4.69) is 26.2 Å². The summed E-state index contributed by atoms with van der Waals surface area (Å²) in [6, 6.07) is -1.18. The van der Waals surface area contributed by atoms with E-state index in [0.29, 0.717) is 31.0 Å². The predicted octanol–water partition coefficient (Wildman–Crippen LogP) is -1.64. The van der Waals surface area contributed by atoms with Crippen molar-refractivity contribution in [2.75, 3.05) is 19.6 Å². The number of nitrogens with two attached hydrogens (primary N) is 1. The molecule has 5 heterocycles. The van der Waals surface area contributed by atoms with Gasteiger partial charge in [-0.05, 0) is 36.6 Å². The number of amides is 3. The Morgan fingerprint density at radius 3 is 2.84 bits per heavy atom. The highest BCUT2D eigenvalue weighted by Crippen LogP contribution is 2.51. The largest absolute Gasteiger partial charge is 0.477 e. The van der Waals surface area contributed by atoms with Crippen LogP contribution in [0.25, 0.3) is 0 Å². The first-order valence-electron chi connectivity index (χ1n) is 12.9. The fraction of sp³-hybridized carbons (Fsp3) is 0.696. The summed E-state index contributed by atoms with van der Waals surface area (Å²) in [7, 11) is 0. The molecule has 3 saturated heterocycles. The number of hydrogen-bond donors (Lipinski definition) is 4. The average Bonchev–Trinajstić information content (AvgIpc) is 3.59. The van der Waals surface area contributed by atoms with Gasteiger partial charge in [-0.3, -0.25) is 14.4 Å². The average molecular weight is 548 g/mol. The molecular formula is C23H33N9O5S. The number of nitrogens with one attached hydrogen (secondary N) is 2. The zero-order valence-electron chi connectivity index (χ0n) is 21.3. The lowest BCUT2D eigenvalue weighted by molar-refractivity contribution is -0.158. The van der Waals surface area contributed by atoms with Crippen LogP contribution in [0.3, 0.4) is 0 Å². The Balaban J connectivity index is 1.23. The molecule has 0 saturated carbocycles. The second-order valence-electron chi connectivity index (χ2n) is 10.5. The van der Waals surface area contributed by atoms with Gasteiger partial charge in [0.05, 0.1) is 18.0 Å². The molecule has 0 aromatic carbocycles. The van der Waals surface area contributed by atoms with E-state index in [1.54, 1.807) is 6.92 Å². The number of β-lactam (4-membered cyclic amide) rings is 1. The molecule has 1 aromatic rings. The van der Waals surface area contributed by atoms with Crippen molar-refractivity contribution >= 4 is 35.5 Å². The standard InChI is InChI=1S/C23H33N9O5S/c1-11-18-17(12(2)27-16(33)9-31-10-26-28-29-31)22(35)32(18)19(23(36)37)20(11)38-14-6-15(25-7-14)21(34)30-5-3-4-13(24)8-30/h10-15,17-18,25H,3-9,24H2,1-2H3,(H,27,33)(H,36,37)/t11-,12-,13+,14+,15+,17-,18-/m1/s1. The number of fused-ring (bicyclic) bond motifs is 1. The smallest absolute Gasteiger partial charge is 0.353 e. The molecule has 7 atom stereocenters. The Morgan fingerprint density at radius 2 is 2.16 bits per heavy atom. The highest BCUT2D eigenvalue weighted by atomic mass is 32.2. The number of likely N-dealkylation sites (tertiary alicyclic amines) is 1. The van der Waals surface area contributed by atoms with E-state index in [4.69, 9.17) is 5.73 Å². The van der Waals surface area contributed by atoms with Crippen LogP contribution in [-0.2, 0) is 25.7 Å². The quantitative estimate of drug-likeness (QED) is 0.273. The van der Waals surface area contributed by atoms with Gasteiger partial charge in [0.15, 0.2) is 0 Å². The number of carboxylic acid groups (broad SMARTS) is 1. The lowest BCUT2D eigenvalue weighted by atomic mass is 9.78. The Morgan fingerprint density at radius 1 is 1.37 bits per heavy atom. The number of thioether (sulfide) groups is 1. The Labute approximate surface area is 223 Å². The third kappa shape index (κ3) is 4.89. The Hall–Kier alpha value is -3.04. The predicted molar refractivity (Wildman–Crippen MR) is 135 cm³/mol. The minimum absolute atomic E-state index is 0.00338. The number of nitrogens with zero attached hydrogens (tertiary/aromatic N) is 6. The molecule has 5 rings (SSSR count). The third-order valence-electron chi connectivity index (χ3n) is 7.87. The van der Waals surface area contributed by atoms with Crippen molar-refractivity contribution in [2.45, 2.75) is 69.1 Å². The van der Waals surface area contributed by atoms with Gasteiger partial charge >= 0.3 is 5.97 Å².